The predicted molar refractivity (Wildman–Crippen MR) is 73.4 cm³/mol. The summed E-state index contributed by atoms with van der Waals surface area (Å²) < 4.78 is 0. The van der Waals surface area contributed by atoms with Gasteiger partial charge in [0, 0.05) is 18.3 Å². The summed E-state index contributed by atoms with van der Waals surface area (Å²) in [7, 11) is 0. The Labute approximate surface area is 119 Å². The fourth-order valence-corrected chi connectivity index (χ4v) is 2.76. The maximum Gasteiger partial charge on any atom is 0.303 e. The minimum absolute atomic E-state index is 0.0628. The van der Waals surface area contributed by atoms with Gasteiger partial charge in [-0.3, -0.25) is 9.59 Å². The topological polar surface area (TPSA) is 115 Å². The Kier molecular flexibility index (Phi) is 8.41. The van der Waals surface area contributed by atoms with Crippen LogP contribution in [0.4, 0.5) is 0 Å². The lowest BCUT2D eigenvalue weighted by atomic mass is 9.69. The molecule has 0 bridgehead atoms. The van der Waals surface area contributed by atoms with Crippen molar-refractivity contribution in [3.63, 3.8) is 0 Å². The van der Waals surface area contributed by atoms with Crippen LogP contribution in [0, 0.1) is 5.41 Å². The molecule has 0 heterocycles. The average molecular weight is 290 g/mol. The molecule has 0 radical (unpaired) electrons. The maximum absolute atomic E-state index is 10.6. The van der Waals surface area contributed by atoms with Crippen molar-refractivity contribution in [2.45, 2.75) is 71.0 Å². The van der Waals surface area contributed by atoms with Gasteiger partial charge in [-0.05, 0) is 25.7 Å². The van der Waals surface area contributed by atoms with E-state index >= 15 is 0 Å². The van der Waals surface area contributed by atoms with Crippen molar-refractivity contribution >= 4 is 11.9 Å². The summed E-state index contributed by atoms with van der Waals surface area (Å²) in [6.45, 7) is 3.74. The van der Waals surface area contributed by atoms with Gasteiger partial charge in [-0.25, -0.2) is 0 Å². The van der Waals surface area contributed by atoms with Crippen molar-refractivity contribution in [3.8, 4) is 0 Å². The van der Waals surface area contributed by atoms with Gasteiger partial charge in [0.2, 0.25) is 0 Å². The summed E-state index contributed by atoms with van der Waals surface area (Å²) in [5.41, 5.74) is -0.834. The molecule has 20 heavy (non-hydrogen) atoms. The second-order valence-corrected chi connectivity index (χ2v) is 5.23. The monoisotopic (exact) mass is 290 g/mol. The molecule has 0 aromatic rings. The lowest BCUT2D eigenvalue weighted by Gasteiger charge is -2.41. The smallest absolute Gasteiger partial charge is 0.303 e. The molecular formula is C14H26O6. The zero-order valence-corrected chi connectivity index (χ0v) is 12.2. The number of rotatable bonds is 11. The fraction of sp³-hybridized carbons (Fsp3) is 0.857. The first kappa shape index (κ1) is 18.9. The van der Waals surface area contributed by atoms with Gasteiger partial charge in [-0.2, -0.15) is 0 Å². The SMILES string of the molecule is CCCC(CC)(C(O)CCC(=O)O)C(O)CCC(=O)O. The molecule has 6 nitrogen and oxygen atoms in total. The molecule has 0 fully saturated rings. The van der Waals surface area contributed by atoms with Crippen molar-refractivity contribution in [3.05, 3.63) is 0 Å². The van der Waals surface area contributed by atoms with E-state index in [9.17, 15) is 19.8 Å². The zero-order chi connectivity index (χ0) is 15.8. The van der Waals surface area contributed by atoms with Crippen molar-refractivity contribution < 1.29 is 30.0 Å². The van der Waals surface area contributed by atoms with Crippen LogP contribution >= 0.6 is 0 Å². The van der Waals surface area contributed by atoms with E-state index in [1.165, 1.54) is 0 Å². The van der Waals surface area contributed by atoms with Crippen molar-refractivity contribution in [2.24, 2.45) is 5.41 Å². The second kappa shape index (κ2) is 8.92. The van der Waals surface area contributed by atoms with E-state index in [0.717, 1.165) is 6.42 Å². The Balaban J connectivity index is 4.94. The molecule has 0 amide bonds. The summed E-state index contributed by atoms with van der Waals surface area (Å²) in [5, 5.41) is 38.0. The normalized spacial score (nSPS) is 17.2. The lowest BCUT2D eigenvalue weighted by molar-refractivity contribution is -0.140. The molecule has 6 heteroatoms. The van der Waals surface area contributed by atoms with Gasteiger partial charge in [0.25, 0.3) is 0 Å². The van der Waals surface area contributed by atoms with Crippen LogP contribution in [0.1, 0.15) is 58.8 Å². The fourth-order valence-electron chi connectivity index (χ4n) is 2.76. The van der Waals surface area contributed by atoms with E-state index in [2.05, 4.69) is 0 Å². The molecule has 0 spiro atoms. The first-order valence-corrected chi connectivity index (χ1v) is 7.09. The number of aliphatic carboxylic acids is 2. The van der Waals surface area contributed by atoms with Crippen LogP contribution in [0.3, 0.4) is 0 Å². The van der Waals surface area contributed by atoms with Crippen LogP contribution in [-0.2, 0) is 9.59 Å². The zero-order valence-electron chi connectivity index (χ0n) is 12.2. The predicted octanol–water partition coefficient (Wildman–Crippen LogP) is 1.63. The number of carboxylic acids is 2. The molecule has 2 unspecified atom stereocenters. The minimum atomic E-state index is -0.995. The van der Waals surface area contributed by atoms with E-state index in [1.54, 1.807) is 0 Å². The van der Waals surface area contributed by atoms with Gasteiger partial charge in [0.1, 0.15) is 0 Å². The number of carbonyl (C=O) groups is 2. The highest BCUT2D eigenvalue weighted by Gasteiger charge is 2.41. The largest absolute Gasteiger partial charge is 0.481 e. The van der Waals surface area contributed by atoms with Crippen LogP contribution in [0.15, 0.2) is 0 Å². The molecule has 0 aromatic heterocycles. The number of hydrogen-bond donors (Lipinski definition) is 4. The number of carboxylic acid groups (broad SMARTS) is 2. The first-order valence-electron chi connectivity index (χ1n) is 7.09. The van der Waals surface area contributed by atoms with Gasteiger partial charge in [-0.15, -0.1) is 0 Å². The third kappa shape index (κ3) is 5.46. The van der Waals surface area contributed by atoms with Crippen molar-refractivity contribution in [1.29, 1.82) is 0 Å². The van der Waals surface area contributed by atoms with Crippen LogP contribution < -0.4 is 0 Å². The van der Waals surface area contributed by atoms with Gasteiger partial charge >= 0.3 is 11.9 Å². The molecule has 0 aliphatic carbocycles. The third-order valence-corrected chi connectivity index (χ3v) is 3.96. The van der Waals surface area contributed by atoms with Crippen LogP contribution in [-0.4, -0.2) is 44.6 Å². The highest BCUT2D eigenvalue weighted by atomic mass is 16.4. The Bertz CT molecular complexity index is 291. The minimum Gasteiger partial charge on any atom is -0.481 e. The maximum atomic E-state index is 10.6. The van der Waals surface area contributed by atoms with Gasteiger partial charge < -0.3 is 20.4 Å². The Morgan fingerprint density at radius 1 is 0.950 bits per heavy atom. The third-order valence-electron chi connectivity index (χ3n) is 3.96. The molecule has 0 aliphatic heterocycles. The molecule has 118 valence electrons. The van der Waals surface area contributed by atoms with Crippen LogP contribution in [0.5, 0.6) is 0 Å². The van der Waals surface area contributed by atoms with Gasteiger partial charge in [0.05, 0.1) is 12.2 Å². The molecule has 2 atom stereocenters. The van der Waals surface area contributed by atoms with Crippen molar-refractivity contribution in [1.82, 2.24) is 0 Å². The number of aliphatic hydroxyl groups excluding tert-OH is 2. The van der Waals surface area contributed by atoms with E-state index in [4.69, 9.17) is 10.2 Å². The number of hydrogen-bond acceptors (Lipinski definition) is 4. The lowest BCUT2D eigenvalue weighted by Crippen LogP contribution is -2.45. The van der Waals surface area contributed by atoms with E-state index in [1.807, 2.05) is 13.8 Å². The van der Waals surface area contributed by atoms with Crippen LogP contribution in [0.25, 0.3) is 0 Å². The highest BCUT2D eigenvalue weighted by Crippen LogP contribution is 2.39. The molecule has 0 aromatic carbocycles. The summed E-state index contributed by atoms with van der Waals surface area (Å²) in [6.07, 6.45) is -0.382. The summed E-state index contributed by atoms with van der Waals surface area (Å²) in [4.78, 5) is 21.2. The number of aliphatic hydroxyl groups is 2. The van der Waals surface area contributed by atoms with Crippen molar-refractivity contribution in [2.75, 3.05) is 0 Å². The van der Waals surface area contributed by atoms with Gasteiger partial charge in [0.15, 0.2) is 0 Å². The molecule has 4 N–H and O–H groups in total. The van der Waals surface area contributed by atoms with Crippen LogP contribution in [0.2, 0.25) is 0 Å². The molecule has 0 saturated carbocycles. The Morgan fingerprint density at radius 2 is 1.35 bits per heavy atom. The Hall–Kier alpha value is -1.14. The summed E-state index contributed by atoms with van der Waals surface area (Å²) in [6, 6.07) is 0. The molecule has 0 saturated heterocycles. The van der Waals surface area contributed by atoms with E-state index in [0.29, 0.717) is 12.8 Å². The summed E-state index contributed by atoms with van der Waals surface area (Å²) in [5.74, 6) is -1.99. The van der Waals surface area contributed by atoms with E-state index < -0.39 is 29.6 Å². The second-order valence-electron chi connectivity index (χ2n) is 5.23. The first-order chi connectivity index (χ1) is 9.30. The standard InChI is InChI=1S/C14H26O6/c1-3-9-14(4-2,10(15)5-7-12(17)18)11(16)6-8-13(19)20/h10-11,15-16H,3-9H2,1-2H3,(H,17,18)(H,19,20). The van der Waals surface area contributed by atoms with Gasteiger partial charge in [-0.1, -0.05) is 20.3 Å². The molecule has 0 aliphatic rings. The average Bonchev–Trinajstić information content (AvgIpc) is 2.39. The Morgan fingerprint density at radius 3 is 1.60 bits per heavy atom. The summed E-state index contributed by atoms with van der Waals surface area (Å²) >= 11 is 0. The quantitative estimate of drug-likeness (QED) is 0.460. The molecular weight excluding hydrogens is 264 g/mol. The molecule has 0 rings (SSSR count). The van der Waals surface area contributed by atoms with E-state index in [-0.39, 0.29) is 25.7 Å². The highest BCUT2D eigenvalue weighted by molar-refractivity contribution is 5.67.